The molecule has 0 radical (unpaired) electrons. The molecule has 2 unspecified atom stereocenters. The van der Waals surface area contributed by atoms with Gasteiger partial charge in [-0.15, -0.1) is 0 Å². The first kappa shape index (κ1) is 16.2. The summed E-state index contributed by atoms with van der Waals surface area (Å²) in [6.07, 6.45) is 0. The Morgan fingerprint density at radius 3 is 2.47 bits per heavy atom. The van der Waals surface area contributed by atoms with E-state index in [0.29, 0.717) is 17.8 Å². The Hall–Kier alpha value is -0.860. The molecule has 2 nitrogen and oxygen atoms in total. The third-order valence-corrected chi connectivity index (χ3v) is 3.50. The minimum Gasteiger partial charge on any atom is -0.384 e. The zero-order valence-corrected chi connectivity index (χ0v) is 13.1. The fourth-order valence-electron chi connectivity index (χ4n) is 2.45. The zero-order valence-electron chi connectivity index (χ0n) is 13.1. The fraction of sp³-hybridized carbons (Fsp3) is 0.647. The lowest BCUT2D eigenvalue weighted by atomic mass is 9.87. The molecular formula is C17H29NO. The Morgan fingerprint density at radius 2 is 1.89 bits per heavy atom. The summed E-state index contributed by atoms with van der Waals surface area (Å²) >= 11 is 0. The van der Waals surface area contributed by atoms with Crippen molar-refractivity contribution in [2.75, 3.05) is 26.8 Å². The normalized spacial score (nSPS) is 14.6. The molecule has 2 heteroatoms. The molecule has 1 rings (SSSR count). The van der Waals surface area contributed by atoms with E-state index in [0.717, 1.165) is 19.7 Å². The first-order valence-electron chi connectivity index (χ1n) is 7.30. The number of rotatable bonds is 8. The van der Waals surface area contributed by atoms with Crippen LogP contribution in [0.1, 0.15) is 37.8 Å². The highest BCUT2D eigenvalue weighted by Gasteiger charge is 2.19. The van der Waals surface area contributed by atoms with Crippen molar-refractivity contribution in [3.05, 3.63) is 35.4 Å². The molecule has 0 amide bonds. The quantitative estimate of drug-likeness (QED) is 0.773. The van der Waals surface area contributed by atoms with E-state index in [2.05, 4.69) is 57.3 Å². The Kier molecular flexibility index (Phi) is 7.11. The predicted octanol–water partition coefficient (Wildman–Crippen LogP) is 3.61. The van der Waals surface area contributed by atoms with Crippen LogP contribution in [0.5, 0.6) is 0 Å². The lowest BCUT2D eigenvalue weighted by molar-refractivity contribution is 0.145. The molecule has 0 saturated heterocycles. The number of ether oxygens (including phenoxy) is 1. The van der Waals surface area contributed by atoms with E-state index in [-0.39, 0.29) is 0 Å². The summed E-state index contributed by atoms with van der Waals surface area (Å²) in [6.45, 7) is 11.8. The summed E-state index contributed by atoms with van der Waals surface area (Å²) in [5.74, 6) is 1.72. The molecule has 0 aromatic heterocycles. The summed E-state index contributed by atoms with van der Waals surface area (Å²) in [4.78, 5) is 0. The average Bonchev–Trinajstić information content (AvgIpc) is 2.34. The molecule has 0 heterocycles. The Labute approximate surface area is 118 Å². The lowest BCUT2D eigenvalue weighted by Gasteiger charge is -2.25. The van der Waals surface area contributed by atoms with Gasteiger partial charge in [-0.25, -0.2) is 0 Å². The second kappa shape index (κ2) is 8.34. The van der Waals surface area contributed by atoms with Crippen molar-refractivity contribution in [3.8, 4) is 0 Å². The van der Waals surface area contributed by atoms with E-state index in [1.165, 1.54) is 11.1 Å². The second-order valence-corrected chi connectivity index (χ2v) is 6.01. The molecule has 0 fully saturated rings. The number of nitrogens with one attached hydrogen (secondary N) is 1. The molecular weight excluding hydrogens is 234 g/mol. The molecule has 0 saturated carbocycles. The summed E-state index contributed by atoms with van der Waals surface area (Å²) in [5, 5.41) is 3.59. The average molecular weight is 263 g/mol. The first-order valence-corrected chi connectivity index (χ1v) is 7.30. The van der Waals surface area contributed by atoms with Gasteiger partial charge in [-0.05, 0) is 30.9 Å². The van der Waals surface area contributed by atoms with E-state index in [9.17, 15) is 0 Å². The topological polar surface area (TPSA) is 21.3 Å². The highest BCUT2D eigenvalue weighted by Crippen LogP contribution is 2.25. The lowest BCUT2D eigenvalue weighted by Crippen LogP contribution is -2.30. The highest BCUT2D eigenvalue weighted by molar-refractivity contribution is 5.26. The van der Waals surface area contributed by atoms with Crippen LogP contribution in [0.3, 0.4) is 0 Å². The van der Waals surface area contributed by atoms with E-state index in [1.54, 1.807) is 7.11 Å². The Balaban J connectivity index is 2.73. The van der Waals surface area contributed by atoms with Gasteiger partial charge in [0.05, 0.1) is 0 Å². The van der Waals surface area contributed by atoms with Crippen LogP contribution in [-0.4, -0.2) is 26.8 Å². The maximum absolute atomic E-state index is 5.34. The number of aryl methyl sites for hydroxylation is 1. The summed E-state index contributed by atoms with van der Waals surface area (Å²) in [6, 6.07) is 8.84. The molecule has 0 aliphatic carbocycles. The van der Waals surface area contributed by atoms with Gasteiger partial charge in [0, 0.05) is 26.2 Å². The third kappa shape index (κ3) is 5.75. The summed E-state index contributed by atoms with van der Waals surface area (Å²) in [7, 11) is 1.78. The standard InChI is InChI=1S/C17H29NO/c1-13(2)10-18-11-17(15(4)12-19-5)16-8-6-7-14(3)9-16/h6-9,13,15,17-18H,10-12H2,1-5H3. The van der Waals surface area contributed by atoms with E-state index in [4.69, 9.17) is 4.74 Å². The largest absolute Gasteiger partial charge is 0.384 e. The zero-order chi connectivity index (χ0) is 14.3. The molecule has 0 spiro atoms. The van der Waals surface area contributed by atoms with Gasteiger partial charge in [0.25, 0.3) is 0 Å². The van der Waals surface area contributed by atoms with E-state index < -0.39 is 0 Å². The summed E-state index contributed by atoms with van der Waals surface area (Å²) < 4.78 is 5.34. The van der Waals surface area contributed by atoms with Gasteiger partial charge in [-0.2, -0.15) is 0 Å². The number of benzene rings is 1. The van der Waals surface area contributed by atoms with Crippen molar-refractivity contribution >= 4 is 0 Å². The number of methoxy groups -OCH3 is 1. The van der Waals surface area contributed by atoms with Crippen LogP contribution in [0.2, 0.25) is 0 Å². The van der Waals surface area contributed by atoms with Crippen molar-refractivity contribution in [2.45, 2.75) is 33.6 Å². The summed E-state index contributed by atoms with van der Waals surface area (Å²) in [5.41, 5.74) is 2.75. The van der Waals surface area contributed by atoms with E-state index >= 15 is 0 Å². The SMILES string of the molecule is COCC(C)C(CNCC(C)C)c1cccc(C)c1. The smallest absolute Gasteiger partial charge is 0.0494 e. The third-order valence-electron chi connectivity index (χ3n) is 3.50. The maximum Gasteiger partial charge on any atom is 0.0494 e. The number of hydrogen-bond acceptors (Lipinski definition) is 2. The molecule has 108 valence electrons. The van der Waals surface area contributed by atoms with Gasteiger partial charge in [0.2, 0.25) is 0 Å². The van der Waals surface area contributed by atoms with Crippen molar-refractivity contribution in [2.24, 2.45) is 11.8 Å². The van der Waals surface area contributed by atoms with Crippen LogP contribution in [0, 0.1) is 18.8 Å². The van der Waals surface area contributed by atoms with Crippen LogP contribution < -0.4 is 5.32 Å². The molecule has 1 aromatic rings. The van der Waals surface area contributed by atoms with Crippen molar-refractivity contribution in [1.29, 1.82) is 0 Å². The van der Waals surface area contributed by atoms with Crippen LogP contribution in [0.4, 0.5) is 0 Å². The van der Waals surface area contributed by atoms with Gasteiger partial charge in [0.15, 0.2) is 0 Å². The maximum atomic E-state index is 5.34. The van der Waals surface area contributed by atoms with Crippen molar-refractivity contribution in [3.63, 3.8) is 0 Å². The molecule has 19 heavy (non-hydrogen) atoms. The second-order valence-electron chi connectivity index (χ2n) is 6.01. The highest BCUT2D eigenvalue weighted by atomic mass is 16.5. The Morgan fingerprint density at radius 1 is 1.16 bits per heavy atom. The van der Waals surface area contributed by atoms with Gasteiger partial charge < -0.3 is 10.1 Å². The van der Waals surface area contributed by atoms with Crippen LogP contribution in [0.25, 0.3) is 0 Å². The van der Waals surface area contributed by atoms with Crippen molar-refractivity contribution < 1.29 is 4.74 Å². The first-order chi connectivity index (χ1) is 9.04. The van der Waals surface area contributed by atoms with Crippen molar-refractivity contribution in [1.82, 2.24) is 5.32 Å². The van der Waals surface area contributed by atoms with Gasteiger partial charge >= 0.3 is 0 Å². The molecule has 2 atom stereocenters. The fourth-order valence-corrected chi connectivity index (χ4v) is 2.45. The minimum atomic E-state index is 0.513. The monoisotopic (exact) mass is 263 g/mol. The van der Waals surface area contributed by atoms with Crippen LogP contribution >= 0.6 is 0 Å². The van der Waals surface area contributed by atoms with E-state index in [1.807, 2.05) is 0 Å². The molecule has 1 N–H and O–H groups in total. The van der Waals surface area contributed by atoms with Gasteiger partial charge in [0.1, 0.15) is 0 Å². The van der Waals surface area contributed by atoms with Crippen LogP contribution in [-0.2, 0) is 4.74 Å². The Bertz CT molecular complexity index is 362. The van der Waals surface area contributed by atoms with Crippen LogP contribution in [0.15, 0.2) is 24.3 Å². The predicted molar refractivity (Wildman–Crippen MR) is 82.7 cm³/mol. The number of hydrogen-bond donors (Lipinski definition) is 1. The van der Waals surface area contributed by atoms with Gasteiger partial charge in [-0.3, -0.25) is 0 Å². The minimum absolute atomic E-state index is 0.513. The molecule has 0 aliphatic rings. The molecule has 0 bridgehead atoms. The van der Waals surface area contributed by atoms with Gasteiger partial charge in [-0.1, -0.05) is 50.6 Å². The molecule has 0 aliphatic heterocycles. The molecule has 1 aromatic carbocycles.